The first-order chi connectivity index (χ1) is 18.8. The van der Waals surface area contributed by atoms with E-state index in [4.69, 9.17) is 9.47 Å². The molecule has 0 radical (unpaired) electrons. The molecule has 2 amide bonds. The zero-order valence-electron chi connectivity index (χ0n) is 22.3. The smallest absolute Gasteiger partial charge is 0.254 e. The number of carbonyl (C=O) groups is 2. The molecule has 0 spiro atoms. The lowest BCUT2D eigenvalue weighted by Crippen LogP contribution is -2.48. The molecule has 1 aromatic heterocycles. The fraction of sp³-hybridized carbons (Fsp3) is 0.226. The number of methoxy groups -OCH3 is 2. The SMILES string of the molecule is COc1ccc(OC)c(C2c3cccn3-c3ccccc3N2C(=O)CN(C(=O)c2cccc(F)c2)C(C)C)c1. The molecule has 5 rings (SSSR count). The van der Waals surface area contributed by atoms with Gasteiger partial charge in [-0.2, -0.15) is 0 Å². The van der Waals surface area contributed by atoms with Gasteiger partial charge in [-0.05, 0) is 74.5 Å². The van der Waals surface area contributed by atoms with Crippen LogP contribution in [0.1, 0.15) is 41.5 Å². The average Bonchev–Trinajstić information content (AvgIpc) is 3.44. The number of carbonyl (C=O) groups excluding carboxylic acids is 2. The number of rotatable bonds is 7. The van der Waals surface area contributed by atoms with Crippen LogP contribution in [-0.2, 0) is 4.79 Å². The van der Waals surface area contributed by atoms with Crippen LogP contribution in [0.5, 0.6) is 11.5 Å². The molecule has 7 nitrogen and oxygen atoms in total. The molecule has 2 heterocycles. The molecular formula is C31H30FN3O4. The Morgan fingerprint density at radius 1 is 0.923 bits per heavy atom. The summed E-state index contributed by atoms with van der Waals surface area (Å²) in [5.74, 6) is 0.0135. The van der Waals surface area contributed by atoms with Crippen molar-refractivity contribution < 1.29 is 23.5 Å². The van der Waals surface area contributed by atoms with Gasteiger partial charge in [0.25, 0.3) is 5.91 Å². The van der Waals surface area contributed by atoms with Crippen molar-refractivity contribution in [3.63, 3.8) is 0 Å². The number of hydrogen-bond acceptors (Lipinski definition) is 4. The van der Waals surface area contributed by atoms with Crippen molar-refractivity contribution in [2.75, 3.05) is 25.7 Å². The Balaban J connectivity index is 1.63. The molecule has 0 saturated carbocycles. The zero-order valence-corrected chi connectivity index (χ0v) is 22.3. The van der Waals surface area contributed by atoms with E-state index in [0.29, 0.717) is 17.2 Å². The van der Waals surface area contributed by atoms with Crippen molar-refractivity contribution in [3.05, 3.63) is 108 Å². The van der Waals surface area contributed by atoms with Crippen LogP contribution in [0.25, 0.3) is 5.69 Å². The minimum atomic E-state index is -0.564. The molecule has 4 aromatic rings. The minimum Gasteiger partial charge on any atom is -0.497 e. The summed E-state index contributed by atoms with van der Waals surface area (Å²) in [6, 6.07) is 21.7. The summed E-state index contributed by atoms with van der Waals surface area (Å²) in [4.78, 5) is 31.0. The maximum Gasteiger partial charge on any atom is 0.254 e. The standard InChI is InChI=1S/C31H30FN3O4/c1-20(2)34(31(37)21-9-7-10-22(32)17-21)19-29(36)35-26-12-6-5-11-25(26)33-16-8-13-27(33)30(35)24-18-23(38-3)14-15-28(24)39-4/h5-18,20,30H,19H2,1-4H3. The number of hydrogen-bond donors (Lipinski definition) is 0. The Bertz CT molecular complexity index is 1530. The Hall–Kier alpha value is -4.59. The Labute approximate surface area is 227 Å². The van der Waals surface area contributed by atoms with E-state index in [9.17, 15) is 14.0 Å². The number of nitrogens with zero attached hydrogens (tertiary/aromatic N) is 3. The van der Waals surface area contributed by atoms with Crippen LogP contribution in [0.4, 0.5) is 10.1 Å². The number of amides is 2. The lowest BCUT2D eigenvalue weighted by atomic mass is 9.96. The minimum absolute atomic E-state index is 0.190. The molecule has 1 aliphatic heterocycles. The van der Waals surface area contributed by atoms with E-state index in [-0.39, 0.29) is 24.1 Å². The first-order valence-electron chi connectivity index (χ1n) is 12.7. The molecule has 0 bridgehead atoms. The molecule has 200 valence electrons. The summed E-state index contributed by atoms with van der Waals surface area (Å²) >= 11 is 0. The molecule has 8 heteroatoms. The van der Waals surface area contributed by atoms with Gasteiger partial charge in [0.05, 0.1) is 31.3 Å². The number of benzene rings is 3. The number of ether oxygens (including phenoxy) is 2. The Morgan fingerprint density at radius 2 is 1.69 bits per heavy atom. The van der Waals surface area contributed by atoms with Crippen LogP contribution in [0, 0.1) is 5.82 Å². The topological polar surface area (TPSA) is 64.0 Å². The highest BCUT2D eigenvalue weighted by Crippen LogP contribution is 2.45. The van der Waals surface area contributed by atoms with E-state index in [2.05, 4.69) is 4.57 Å². The van der Waals surface area contributed by atoms with E-state index in [0.717, 1.165) is 16.9 Å². The second-order valence-electron chi connectivity index (χ2n) is 9.60. The summed E-state index contributed by atoms with van der Waals surface area (Å²) in [5.41, 5.74) is 3.34. The fourth-order valence-electron chi connectivity index (χ4n) is 5.11. The van der Waals surface area contributed by atoms with Crippen LogP contribution in [0.3, 0.4) is 0 Å². The lowest BCUT2D eigenvalue weighted by molar-refractivity contribution is -0.120. The molecule has 0 N–H and O–H groups in total. The van der Waals surface area contributed by atoms with Gasteiger partial charge in [0.15, 0.2) is 0 Å². The van der Waals surface area contributed by atoms with Crippen LogP contribution in [0.15, 0.2) is 85.1 Å². The van der Waals surface area contributed by atoms with Crippen LogP contribution < -0.4 is 14.4 Å². The maximum atomic E-state index is 14.3. The average molecular weight is 528 g/mol. The third-order valence-corrected chi connectivity index (χ3v) is 6.98. The number of anilines is 1. The molecule has 1 atom stereocenters. The summed E-state index contributed by atoms with van der Waals surface area (Å²) in [5, 5.41) is 0. The summed E-state index contributed by atoms with van der Waals surface area (Å²) in [6.45, 7) is 3.47. The molecule has 1 aliphatic rings. The van der Waals surface area contributed by atoms with Gasteiger partial charge in [-0.3, -0.25) is 14.5 Å². The van der Waals surface area contributed by atoms with Gasteiger partial charge < -0.3 is 18.9 Å². The van der Waals surface area contributed by atoms with Crippen LogP contribution >= 0.6 is 0 Å². The first-order valence-corrected chi connectivity index (χ1v) is 12.7. The molecule has 0 fully saturated rings. The summed E-state index contributed by atoms with van der Waals surface area (Å²) < 4.78 is 27.2. The molecule has 3 aromatic carbocycles. The number of fused-ring (bicyclic) bond motifs is 3. The molecule has 1 unspecified atom stereocenters. The van der Waals surface area contributed by atoms with Gasteiger partial charge in [-0.25, -0.2) is 4.39 Å². The highest BCUT2D eigenvalue weighted by atomic mass is 19.1. The highest BCUT2D eigenvalue weighted by Gasteiger charge is 2.39. The van der Waals surface area contributed by atoms with Crippen molar-refractivity contribution in [2.24, 2.45) is 0 Å². The van der Waals surface area contributed by atoms with E-state index >= 15 is 0 Å². The first kappa shape index (κ1) is 26.0. The van der Waals surface area contributed by atoms with Crippen LogP contribution in [-0.4, -0.2) is 48.1 Å². The normalized spacial score (nSPS) is 14.0. The Kier molecular flexibility index (Phi) is 7.11. The second-order valence-corrected chi connectivity index (χ2v) is 9.60. The van der Waals surface area contributed by atoms with Crippen molar-refractivity contribution in [2.45, 2.75) is 25.9 Å². The van der Waals surface area contributed by atoms with Crippen LogP contribution in [0.2, 0.25) is 0 Å². The third-order valence-electron chi connectivity index (χ3n) is 6.98. The van der Waals surface area contributed by atoms with Crippen molar-refractivity contribution >= 4 is 17.5 Å². The second kappa shape index (κ2) is 10.6. The number of para-hydroxylation sites is 2. The summed E-state index contributed by atoms with van der Waals surface area (Å²) in [7, 11) is 3.18. The monoisotopic (exact) mass is 527 g/mol. The van der Waals surface area contributed by atoms with Gasteiger partial charge in [-0.1, -0.05) is 18.2 Å². The van der Waals surface area contributed by atoms with E-state index in [1.807, 2.05) is 74.6 Å². The van der Waals surface area contributed by atoms with Gasteiger partial charge in [0.1, 0.15) is 29.9 Å². The zero-order chi connectivity index (χ0) is 27.7. The lowest BCUT2D eigenvalue weighted by Gasteiger charge is -2.40. The van der Waals surface area contributed by atoms with Gasteiger partial charge in [0, 0.05) is 23.4 Å². The fourth-order valence-corrected chi connectivity index (χ4v) is 5.11. The van der Waals surface area contributed by atoms with Gasteiger partial charge in [-0.15, -0.1) is 0 Å². The third kappa shape index (κ3) is 4.74. The maximum absolute atomic E-state index is 14.3. The van der Waals surface area contributed by atoms with Crippen molar-refractivity contribution in [1.82, 2.24) is 9.47 Å². The summed E-state index contributed by atoms with van der Waals surface area (Å²) in [6.07, 6.45) is 1.96. The molecule has 0 saturated heterocycles. The Morgan fingerprint density at radius 3 is 2.38 bits per heavy atom. The predicted octanol–water partition coefficient (Wildman–Crippen LogP) is 5.62. The quantitative estimate of drug-likeness (QED) is 0.313. The highest BCUT2D eigenvalue weighted by molar-refractivity contribution is 6.03. The van der Waals surface area contributed by atoms with Gasteiger partial charge in [0.2, 0.25) is 5.91 Å². The molecule has 0 aliphatic carbocycles. The largest absolute Gasteiger partial charge is 0.497 e. The van der Waals surface area contributed by atoms with E-state index < -0.39 is 17.8 Å². The van der Waals surface area contributed by atoms with Gasteiger partial charge >= 0.3 is 0 Å². The van der Waals surface area contributed by atoms with Crippen molar-refractivity contribution in [3.8, 4) is 17.2 Å². The van der Waals surface area contributed by atoms with Crippen molar-refractivity contribution in [1.29, 1.82) is 0 Å². The number of halogens is 1. The predicted molar refractivity (Wildman–Crippen MR) is 147 cm³/mol. The van der Waals surface area contributed by atoms with E-state index in [1.54, 1.807) is 25.2 Å². The molecule has 39 heavy (non-hydrogen) atoms. The molecular weight excluding hydrogens is 497 g/mol. The van der Waals surface area contributed by atoms with E-state index in [1.165, 1.54) is 23.1 Å². The number of aromatic nitrogens is 1.